The summed E-state index contributed by atoms with van der Waals surface area (Å²) in [7, 11) is 4.01. The number of anilines is 2. The summed E-state index contributed by atoms with van der Waals surface area (Å²) in [5, 5.41) is 3.14. The summed E-state index contributed by atoms with van der Waals surface area (Å²) >= 11 is 0. The van der Waals surface area contributed by atoms with Gasteiger partial charge in [0.05, 0.1) is 12.2 Å². The van der Waals surface area contributed by atoms with Crippen LogP contribution in [0.2, 0.25) is 0 Å². The van der Waals surface area contributed by atoms with Gasteiger partial charge in [0.15, 0.2) is 0 Å². The lowest BCUT2D eigenvalue weighted by molar-refractivity contribution is 0.884. The van der Waals surface area contributed by atoms with Crippen LogP contribution in [0.15, 0.2) is 42.6 Å². The van der Waals surface area contributed by atoms with Gasteiger partial charge >= 0.3 is 0 Å². The topological polar surface area (TPSA) is 28.2 Å². The number of nitrogens with zero attached hydrogens (tertiary/aromatic N) is 2. The second-order valence-corrected chi connectivity index (χ2v) is 4.66. The first kappa shape index (κ1) is 13.4. The summed E-state index contributed by atoms with van der Waals surface area (Å²) in [5.74, 6) is 0. The maximum atomic E-state index is 4.40. The van der Waals surface area contributed by atoms with E-state index in [1.807, 2.05) is 19.3 Å². The van der Waals surface area contributed by atoms with Crippen molar-refractivity contribution in [1.82, 2.24) is 4.98 Å². The number of aromatic nitrogens is 1. The van der Waals surface area contributed by atoms with Crippen molar-refractivity contribution in [2.45, 2.75) is 19.9 Å². The van der Waals surface area contributed by atoms with E-state index in [9.17, 15) is 0 Å². The molecular weight excluding hydrogens is 234 g/mol. The summed E-state index contributed by atoms with van der Waals surface area (Å²) in [4.78, 5) is 6.61. The maximum Gasteiger partial charge on any atom is 0.0617 e. The summed E-state index contributed by atoms with van der Waals surface area (Å²) in [6, 6.07) is 12.8. The average molecular weight is 255 g/mol. The quantitative estimate of drug-likeness (QED) is 0.888. The molecule has 0 atom stereocenters. The smallest absolute Gasteiger partial charge is 0.0617 e. The fourth-order valence-corrected chi connectivity index (χ4v) is 2.04. The van der Waals surface area contributed by atoms with E-state index in [0.717, 1.165) is 24.3 Å². The summed E-state index contributed by atoms with van der Waals surface area (Å²) in [6.45, 7) is 2.98. The molecular formula is C16H21N3. The molecule has 1 aromatic heterocycles. The highest BCUT2D eigenvalue weighted by molar-refractivity contribution is 5.48. The molecule has 0 aliphatic rings. The van der Waals surface area contributed by atoms with Gasteiger partial charge in [-0.15, -0.1) is 0 Å². The minimum Gasteiger partial charge on any atom is -0.388 e. The molecule has 0 amide bonds. The average Bonchev–Trinajstić information content (AvgIpc) is 2.47. The van der Waals surface area contributed by atoms with Crippen LogP contribution in [0.5, 0.6) is 0 Å². The van der Waals surface area contributed by atoms with Crippen molar-refractivity contribution in [1.29, 1.82) is 0 Å². The van der Waals surface area contributed by atoms with Crippen LogP contribution in [0, 0.1) is 0 Å². The van der Waals surface area contributed by atoms with Gasteiger partial charge in [-0.05, 0) is 36.2 Å². The molecule has 0 saturated heterocycles. The molecule has 0 spiro atoms. The number of nitrogens with one attached hydrogen (secondary N) is 1. The number of benzene rings is 1. The van der Waals surface area contributed by atoms with Crippen LogP contribution in [0.1, 0.15) is 18.2 Å². The molecule has 0 radical (unpaired) electrons. The van der Waals surface area contributed by atoms with Crippen LogP contribution in [-0.4, -0.2) is 19.1 Å². The van der Waals surface area contributed by atoms with Crippen molar-refractivity contribution in [3.8, 4) is 0 Å². The van der Waals surface area contributed by atoms with E-state index in [2.05, 4.69) is 59.5 Å². The molecule has 0 saturated carbocycles. The highest BCUT2D eigenvalue weighted by Crippen LogP contribution is 2.17. The van der Waals surface area contributed by atoms with Gasteiger partial charge in [-0.25, -0.2) is 0 Å². The van der Waals surface area contributed by atoms with E-state index >= 15 is 0 Å². The van der Waals surface area contributed by atoms with Crippen LogP contribution in [0.25, 0.3) is 0 Å². The van der Waals surface area contributed by atoms with Crippen molar-refractivity contribution >= 4 is 11.4 Å². The molecule has 100 valence electrons. The predicted octanol–water partition coefficient (Wildman–Crippen LogP) is 3.32. The first-order chi connectivity index (χ1) is 9.22. The standard InChI is InChI=1S/C16H21N3/c1-4-13-5-7-16(8-6-13)19(3)12-15-11-14(17-2)9-10-18-15/h5-11H,4,12H2,1-3H3,(H,17,18). The Labute approximate surface area is 115 Å². The van der Waals surface area contributed by atoms with Crippen LogP contribution in [0.3, 0.4) is 0 Å². The lowest BCUT2D eigenvalue weighted by Crippen LogP contribution is -2.17. The minimum absolute atomic E-state index is 0.807. The largest absolute Gasteiger partial charge is 0.388 e. The third-order valence-electron chi connectivity index (χ3n) is 3.29. The SMILES string of the molecule is CCc1ccc(N(C)Cc2cc(NC)ccn2)cc1. The molecule has 0 unspecified atom stereocenters. The van der Waals surface area contributed by atoms with E-state index in [-0.39, 0.29) is 0 Å². The number of rotatable bonds is 5. The van der Waals surface area contributed by atoms with Gasteiger partial charge in [0.25, 0.3) is 0 Å². The Bertz CT molecular complexity index is 520. The fourth-order valence-electron chi connectivity index (χ4n) is 2.04. The fraction of sp³-hybridized carbons (Fsp3) is 0.312. The summed E-state index contributed by atoms with van der Waals surface area (Å²) < 4.78 is 0. The monoisotopic (exact) mass is 255 g/mol. The summed E-state index contributed by atoms with van der Waals surface area (Å²) in [5.41, 5.74) is 4.75. The zero-order valence-electron chi connectivity index (χ0n) is 11.9. The minimum atomic E-state index is 0.807. The van der Waals surface area contributed by atoms with E-state index in [4.69, 9.17) is 0 Å². The van der Waals surface area contributed by atoms with E-state index in [0.29, 0.717) is 0 Å². The Morgan fingerprint density at radius 3 is 2.53 bits per heavy atom. The number of hydrogen-bond donors (Lipinski definition) is 1. The van der Waals surface area contributed by atoms with Gasteiger partial charge in [0.2, 0.25) is 0 Å². The van der Waals surface area contributed by atoms with Gasteiger partial charge in [-0.2, -0.15) is 0 Å². The highest BCUT2D eigenvalue weighted by atomic mass is 15.1. The zero-order chi connectivity index (χ0) is 13.7. The summed E-state index contributed by atoms with van der Waals surface area (Å²) in [6.07, 6.45) is 2.92. The molecule has 1 aromatic carbocycles. The van der Waals surface area contributed by atoms with E-state index in [1.165, 1.54) is 11.3 Å². The molecule has 0 aliphatic carbocycles. The Balaban J connectivity index is 2.08. The van der Waals surface area contributed by atoms with Crippen LogP contribution in [-0.2, 0) is 13.0 Å². The molecule has 0 aliphatic heterocycles. The Kier molecular flexibility index (Phi) is 4.39. The van der Waals surface area contributed by atoms with Crippen LogP contribution >= 0.6 is 0 Å². The van der Waals surface area contributed by atoms with Crippen molar-refractivity contribution in [3.63, 3.8) is 0 Å². The second kappa shape index (κ2) is 6.23. The number of aryl methyl sites for hydroxylation is 1. The Hall–Kier alpha value is -2.03. The normalized spacial score (nSPS) is 10.3. The first-order valence-corrected chi connectivity index (χ1v) is 6.65. The van der Waals surface area contributed by atoms with Crippen molar-refractivity contribution < 1.29 is 0 Å². The van der Waals surface area contributed by atoms with Gasteiger partial charge in [0.1, 0.15) is 0 Å². The van der Waals surface area contributed by atoms with E-state index < -0.39 is 0 Å². The van der Waals surface area contributed by atoms with Gasteiger partial charge in [0, 0.05) is 31.7 Å². The Morgan fingerprint density at radius 1 is 1.16 bits per heavy atom. The zero-order valence-corrected chi connectivity index (χ0v) is 11.9. The molecule has 0 fully saturated rings. The van der Waals surface area contributed by atoms with Crippen molar-refractivity contribution in [2.24, 2.45) is 0 Å². The molecule has 19 heavy (non-hydrogen) atoms. The molecule has 2 aromatic rings. The number of pyridine rings is 1. The van der Waals surface area contributed by atoms with Crippen LogP contribution in [0.4, 0.5) is 11.4 Å². The molecule has 0 bridgehead atoms. The van der Waals surface area contributed by atoms with Gasteiger partial charge in [-0.1, -0.05) is 19.1 Å². The predicted molar refractivity (Wildman–Crippen MR) is 81.7 cm³/mol. The Morgan fingerprint density at radius 2 is 1.89 bits per heavy atom. The van der Waals surface area contributed by atoms with E-state index in [1.54, 1.807) is 0 Å². The number of hydrogen-bond acceptors (Lipinski definition) is 3. The molecule has 1 N–H and O–H groups in total. The van der Waals surface area contributed by atoms with Crippen LogP contribution < -0.4 is 10.2 Å². The second-order valence-electron chi connectivity index (χ2n) is 4.66. The van der Waals surface area contributed by atoms with Gasteiger partial charge in [-0.3, -0.25) is 4.98 Å². The van der Waals surface area contributed by atoms with Crippen molar-refractivity contribution in [2.75, 3.05) is 24.3 Å². The maximum absolute atomic E-state index is 4.40. The third kappa shape index (κ3) is 3.47. The lowest BCUT2D eigenvalue weighted by atomic mass is 10.1. The molecule has 1 heterocycles. The first-order valence-electron chi connectivity index (χ1n) is 6.65. The molecule has 2 rings (SSSR count). The van der Waals surface area contributed by atoms with Gasteiger partial charge < -0.3 is 10.2 Å². The molecule has 3 nitrogen and oxygen atoms in total. The molecule has 3 heteroatoms. The highest BCUT2D eigenvalue weighted by Gasteiger charge is 2.03. The lowest BCUT2D eigenvalue weighted by Gasteiger charge is -2.19. The van der Waals surface area contributed by atoms with Crippen molar-refractivity contribution in [3.05, 3.63) is 53.9 Å². The third-order valence-corrected chi connectivity index (χ3v) is 3.29.